The van der Waals surface area contributed by atoms with Gasteiger partial charge in [-0.1, -0.05) is 34.8 Å². The van der Waals surface area contributed by atoms with Crippen LogP contribution in [-0.2, 0) is 9.53 Å². The number of carbonyl (C=O) groups excluding carboxylic acids is 2. The largest absolute Gasteiger partial charge is 0.452 e. The number of amides is 1. The maximum Gasteiger partial charge on any atom is 0.338 e. The molecule has 1 N–H and O–H groups in total. The molecule has 0 saturated heterocycles. The highest BCUT2D eigenvalue weighted by Gasteiger charge is 2.15. The predicted octanol–water partition coefficient (Wildman–Crippen LogP) is 4.35. The van der Waals surface area contributed by atoms with Crippen molar-refractivity contribution in [2.45, 2.75) is 0 Å². The van der Waals surface area contributed by atoms with Crippen molar-refractivity contribution in [3.05, 3.63) is 67.1 Å². The minimum atomic E-state index is -0.807. The number of hydrogen-bond acceptors (Lipinski definition) is 5. The van der Waals surface area contributed by atoms with Gasteiger partial charge in [-0.3, -0.25) is 14.9 Å². The zero-order chi connectivity index (χ0) is 18.6. The van der Waals surface area contributed by atoms with Gasteiger partial charge >= 0.3 is 5.97 Å². The molecular formula is C15H9Cl3N2O5. The van der Waals surface area contributed by atoms with Crippen molar-refractivity contribution in [1.29, 1.82) is 0 Å². The van der Waals surface area contributed by atoms with Crippen LogP contribution in [0.5, 0.6) is 0 Å². The number of esters is 1. The summed E-state index contributed by atoms with van der Waals surface area (Å²) in [5.74, 6) is -1.47. The second-order valence-electron chi connectivity index (χ2n) is 4.67. The molecule has 0 aliphatic carbocycles. The lowest BCUT2D eigenvalue weighted by atomic mass is 10.2. The van der Waals surface area contributed by atoms with Gasteiger partial charge < -0.3 is 10.1 Å². The number of halogens is 3. The third kappa shape index (κ3) is 5.06. The van der Waals surface area contributed by atoms with Crippen LogP contribution in [0.25, 0.3) is 0 Å². The molecule has 0 fully saturated rings. The summed E-state index contributed by atoms with van der Waals surface area (Å²) in [5.41, 5.74) is 0.0476. The number of ether oxygens (including phenoxy) is 1. The Bertz CT molecular complexity index is 817. The summed E-state index contributed by atoms with van der Waals surface area (Å²) in [5, 5.41) is 13.5. The Morgan fingerprint density at radius 3 is 2.16 bits per heavy atom. The van der Waals surface area contributed by atoms with Crippen LogP contribution >= 0.6 is 34.8 Å². The smallest absolute Gasteiger partial charge is 0.338 e. The lowest BCUT2D eigenvalue weighted by molar-refractivity contribution is -0.384. The number of carbonyl (C=O) groups is 2. The molecule has 2 rings (SSSR count). The van der Waals surface area contributed by atoms with E-state index in [1.807, 2.05) is 0 Å². The molecule has 0 radical (unpaired) electrons. The molecule has 10 heteroatoms. The van der Waals surface area contributed by atoms with Gasteiger partial charge in [0.25, 0.3) is 11.6 Å². The van der Waals surface area contributed by atoms with Gasteiger partial charge in [-0.2, -0.15) is 0 Å². The van der Waals surface area contributed by atoms with Crippen LogP contribution in [0.4, 0.5) is 11.4 Å². The van der Waals surface area contributed by atoms with Crippen LogP contribution < -0.4 is 5.32 Å². The second-order valence-corrected chi connectivity index (χ2v) is 5.92. The van der Waals surface area contributed by atoms with Gasteiger partial charge in [0, 0.05) is 17.2 Å². The zero-order valence-corrected chi connectivity index (χ0v) is 14.6. The van der Waals surface area contributed by atoms with Gasteiger partial charge in [-0.05, 0) is 24.3 Å². The van der Waals surface area contributed by atoms with Crippen LogP contribution in [0, 0.1) is 10.1 Å². The fourth-order valence-corrected chi connectivity index (χ4v) is 2.68. The summed E-state index contributed by atoms with van der Waals surface area (Å²) in [6.07, 6.45) is 0. The van der Waals surface area contributed by atoms with Gasteiger partial charge in [0.1, 0.15) is 0 Å². The summed E-state index contributed by atoms with van der Waals surface area (Å²) in [6, 6.07) is 7.56. The Morgan fingerprint density at radius 1 is 1.08 bits per heavy atom. The molecule has 0 atom stereocenters. The molecule has 0 saturated carbocycles. The van der Waals surface area contributed by atoms with E-state index >= 15 is 0 Å². The van der Waals surface area contributed by atoms with E-state index in [1.165, 1.54) is 24.3 Å². The maximum atomic E-state index is 11.9. The number of hydrogen-bond donors (Lipinski definition) is 1. The molecule has 0 spiro atoms. The number of nitrogens with one attached hydrogen (secondary N) is 1. The quantitative estimate of drug-likeness (QED) is 0.454. The van der Waals surface area contributed by atoms with E-state index in [0.29, 0.717) is 5.02 Å². The number of rotatable bonds is 5. The number of nitro groups is 1. The van der Waals surface area contributed by atoms with Gasteiger partial charge in [-0.25, -0.2) is 4.79 Å². The van der Waals surface area contributed by atoms with Crippen molar-refractivity contribution in [3.8, 4) is 0 Å². The first kappa shape index (κ1) is 19.0. The molecule has 2 aromatic carbocycles. The number of nitrogens with zero attached hydrogens (tertiary/aromatic N) is 1. The first-order valence-electron chi connectivity index (χ1n) is 6.64. The molecule has 130 valence electrons. The number of non-ortho nitro benzene ring substituents is 1. The van der Waals surface area contributed by atoms with E-state index < -0.39 is 23.4 Å². The van der Waals surface area contributed by atoms with E-state index in [-0.39, 0.29) is 27.0 Å². The van der Waals surface area contributed by atoms with Gasteiger partial charge in [0.2, 0.25) is 0 Å². The Kier molecular flexibility index (Phi) is 6.19. The standard InChI is InChI=1S/C15H9Cl3N2O5/c16-9-5-11(17)14(12(18)6-9)19-13(21)7-25-15(22)8-1-3-10(4-2-8)20(23)24/h1-6H,7H2,(H,19,21). The topological polar surface area (TPSA) is 98.5 Å². The normalized spacial score (nSPS) is 10.2. The molecule has 1 amide bonds. The van der Waals surface area contributed by atoms with Crippen molar-refractivity contribution in [3.63, 3.8) is 0 Å². The van der Waals surface area contributed by atoms with E-state index in [1.54, 1.807) is 0 Å². The molecule has 0 aliphatic rings. The van der Waals surface area contributed by atoms with Crippen molar-refractivity contribution < 1.29 is 19.2 Å². The lowest BCUT2D eigenvalue weighted by Crippen LogP contribution is -2.21. The minimum Gasteiger partial charge on any atom is -0.452 e. The van der Waals surface area contributed by atoms with Gasteiger partial charge in [-0.15, -0.1) is 0 Å². The van der Waals surface area contributed by atoms with E-state index in [4.69, 9.17) is 39.5 Å². The fraction of sp³-hybridized carbons (Fsp3) is 0.0667. The van der Waals surface area contributed by atoms with Crippen molar-refractivity contribution in [2.24, 2.45) is 0 Å². The van der Waals surface area contributed by atoms with Crippen molar-refractivity contribution in [2.75, 3.05) is 11.9 Å². The highest BCUT2D eigenvalue weighted by atomic mass is 35.5. The predicted molar refractivity (Wildman–Crippen MR) is 93.5 cm³/mol. The lowest BCUT2D eigenvalue weighted by Gasteiger charge is -2.10. The first-order valence-corrected chi connectivity index (χ1v) is 7.77. The average molecular weight is 404 g/mol. The molecule has 0 heterocycles. The summed E-state index contributed by atoms with van der Waals surface area (Å²) in [7, 11) is 0. The van der Waals surface area contributed by atoms with E-state index in [9.17, 15) is 19.7 Å². The van der Waals surface area contributed by atoms with E-state index in [0.717, 1.165) is 12.1 Å². The molecule has 2 aromatic rings. The fourth-order valence-electron chi connectivity index (χ4n) is 1.77. The van der Waals surface area contributed by atoms with E-state index in [2.05, 4.69) is 5.32 Å². The van der Waals surface area contributed by atoms with Crippen LogP contribution in [0.3, 0.4) is 0 Å². The molecule has 25 heavy (non-hydrogen) atoms. The Hall–Kier alpha value is -2.35. The molecular weight excluding hydrogens is 395 g/mol. The molecule has 7 nitrogen and oxygen atoms in total. The number of anilines is 1. The van der Waals surface area contributed by atoms with Crippen LogP contribution in [0.1, 0.15) is 10.4 Å². The van der Waals surface area contributed by atoms with Crippen LogP contribution in [-0.4, -0.2) is 23.4 Å². The molecule has 0 aromatic heterocycles. The highest BCUT2D eigenvalue weighted by Crippen LogP contribution is 2.33. The molecule has 0 unspecified atom stereocenters. The molecule has 0 aliphatic heterocycles. The summed E-state index contributed by atoms with van der Waals surface area (Å²) < 4.78 is 4.83. The Balaban J connectivity index is 1.96. The summed E-state index contributed by atoms with van der Waals surface area (Å²) in [4.78, 5) is 33.6. The van der Waals surface area contributed by atoms with Crippen molar-refractivity contribution >= 4 is 58.1 Å². The summed E-state index contributed by atoms with van der Waals surface area (Å²) in [6.45, 7) is -0.592. The highest BCUT2D eigenvalue weighted by molar-refractivity contribution is 6.42. The number of nitro benzene ring substituents is 1. The van der Waals surface area contributed by atoms with Crippen LogP contribution in [0.15, 0.2) is 36.4 Å². The third-order valence-corrected chi connectivity index (χ3v) is 3.73. The second kappa shape index (κ2) is 8.15. The van der Waals surface area contributed by atoms with Crippen molar-refractivity contribution in [1.82, 2.24) is 0 Å². The SMILES string of the molecule is O=C(COC(=O)c1ccc([N+](=O)[O-])cc1)Nc1c(Cl)cc(Cl)cc1Cl. The number of benzene rings is 2. The minimum absolute atomic E-state index is 0.0703. The Morgan fingerprint density at radius 2 is 1.64 bits per heavy atom. The Labute approximate surface area is 156 Å². The third-order valence-electron chi connectivity index (χ3n) is 2.92. The molecule has 0 bridgehead atoms. The first-order chi connectivity index (χ1) is 11.8. The van der Waals surface area contributed by atoms with Gasteiger partial charge in [0.15, 0.2) is 6.61 Å². The van der Waals surface area contributed by atoms with Gasteiger partial charge in [0.05, 0.1) is 26.2 Å². The monoisotopic (exact) mass is 402 g/mol. The van der Waals surface area contributed by atoms with Crippen LogP contribution in [0.2, 0.25) is 15.1 Å². The average Bonchev–Trinajstić information content (AvgIpc) is 2.56. The zero-order valence-electron chi connectivity index (χ0n) is 12.3. The maximum absolute atomic E-state index is 11.9. The summed E-state index contributed by atoms with van der Waals surface area (Å²) >= 11 is 17.6.